The highest BCUT2D eigenvalue weighted by Gasteiger charge is 2.27. The maximum absolute atomic E-state index is 12.8. The van der Waals surface area contributed by atoms with Gasteiger partial charge in [0.05, 0.1) is 38.7 Å². The summed E-state index contributed by atoms with van der Waals surface area (Å²) in [5, 5.41) is 0. The Morgan fingerprint density at radius 2 is 1.72 bits per heavy atom. The van der Waals surface area contributed by atoms with Crippen LogP contribution in [0.1, 0.15) is 15.9 Å². The van der Waals surface area contributed by atoms with Crippen molar-refractivity contribution in [2.45, 2.75) is 11.3 Å². The highest BCUT2D eigenvalue weighted by molar-refractivity contribution is 7.89. The number of carbonyl (C=O) groups is 2. The van der Waals surface area contributed by atoms with Gasteiger partial charge < -0.3 is 14.2 Å². The molecule has 0 aromatic heterocycles. The van der Waals surface area contributed by atoms with Crippen molar-refractivity contribution in [3.8, 4) is 11.5 Å². The van der Waals surface area contributed by atoms with Crippen LogP contribution in [0.5, 0.6) is 11.5 Å². The Bertz CT molecular complexity index is 1080. The van der Waals surface area contributed by atoms with Gasteiger partial charge in [-0.05, 0) is 35.9 Å². The molecule has 1 aliphatic heterocycles. The predicted octanol–water partition coefficient (Wildman–Crippen LogP) is 0.728. The topological polar surface area (TPSA) is 123 Å². The van der Waals surface area contributed by atoms with E-state index in [4.69, 9.17) is 14.2 Å². The summed E-state index contributed by atoms with van der Waals surface area (Å²) in [5.41, 5.74) is 5.40. The lowest BCUT2D eigenvalue weighted by Gasteiger charge is -2.26. The van der Waals surface area contributed by atoms with E-state index in [1.54, 1.807) is 18.2 Å². The van der Waals surface area contributed by atoms with Crippen LogP contribution < -0.4 is 20.3 Å². The summed E-state index contributed by atoms with van der Waals surface area (Å²) in [7, 11) is -0.728. The first-order chi connectivity index (χ1) is 15.3. The molecule has 2 aromatic rings. The Morgan fingerprint density at radius 3 is 2.41 bits per heavy atom. The molecule has 0 spiro atoms. The molecule has 2 N–H and O–H groups in total. The SMILES string of the molecule is COc1ccc(CC(=O)NNC(=O)c2cccc(S(=O)(=O)N3CCOCC3)c2)cc1OC. The molecule has 1 aliphatic rings. The maximum Gasteiger partial charge on any atom is 0.269 e. The van der Waals surface area contributed by atoms with E-state index < -0.39 is 21.8 Å². The van der Waals surface area contributed by atoms with E-state index in [9.17, 15) is 18.0 Å². The Morgan fingerprint density at radius 1 is 1.00 bits per heavy atom. The molecule has 10 nitrogen and oxygen atoms in total. The molecular formula is C21H25N3O7S. The lowest BCUT2D eigenvalue weighted by atomic mass is 10.1. The number of amides is 2. The quantitative estimate of drug-likeness (QED) is 0.580. The Balaban J connectivity index is 1.61. The van der Waals surface area contributed by atoms with Crippen LogP contribution in [0.25, 0.3) is 0 Å². The molecular weight excluding hydrogens is 438 g/mol. The van der Waals surface area contributed by atoms with Crippen molar-refractivity contribution >= 4 is 21.8 Å². The molecule has 0 aliphatic carbocycles. The zero-order valence-corrected chi connectivity index (χ0v) is 18.6. The molecule has 2 amide bonds. The fraction of sp³-hybridized carbons (Fsp3) is 0.333. The van der Waals surface area contributed by atoms with Crippen LogP contribution in [0.4, 0.5) is 0 Å². The van der Waals surface area contributed by atoms with Crippen LogP contribution in [0.3, 0.4) is 0 Å². The predicted molar refractivity (Wildman–Crippen MR) is 115 cm³/mol. The minimum atomic E-state index is -3.74. The zero-order valence-electron chi connectivity index (χ0n) is 17.8. The Kier molecular flexibility index (Phi) is 7.67. The summed E-state index contributed by atoms with van der Waals surface area (Å²) in [4.78, 5) is 24.7. The molecule has 172 valence electrons. The molecule has 0 unspecified atom stereocenters. The number of nitrogens with one attached hydrogen (secondary N) is 2. The van der Waals surface area contributed by atoms with Crippen molar-refractivity contribution < 1.29 is 32.2 Å². The van der Waals surface area contributed by atoms with Crippen molar-refractivity contribution in [2.75, 3.05) is 40.5 Å². The first-order valence-corrected chi connectivity index (χ1v) is 11.3. The van der Waals surface area contributed by atoms with Crippen LogP contribution in [0, 0.1) is 0 Å². The minimum absolute atomic E-state index is 0.00343. The van der Waals surface area contributed by atoms with Crippen molar-refractivity contribution in [1.82, 2.24) is 15.2 Å². The summed E-state index contributed by atoms with van der Waals surface area (Å²) in [6.45, 7) is 1.16. The van der Waals surface area contributed by atoms with Gasteiger partial charge in [-0.25, -0.2) is 8.42 Å². The van der Waals surface area contributed by atoms with Gasteiger partial charge in [-0.15, -0.1) is 0 Å². The number of methoxy groups -OCH3 is 2. The first kappa shape index (κ1) is 23.5. The van der Waals surface area contributed by atoms with E-state index in [0.29, 0.717) is 30.3 Å². The number of hydrogen-bond donors (Lipinski definition) is 2. The number of morpholine rings is 1. The van der Waals surface area contributed by atoms with Gasteiger partial charge in [0.25, 0.3) is 5.91 Å². The fourth-order valence-corrected chi connectivity index (χ4v) is 4.61. The number of carbonyl (C=O) groups excluding carboxylic acids is 2. The average molecular weight is 464 g/mol. The second-order valence-electron chi connectivity index (χ2n) is 6.91. The highest BCUT2D eigenvalue weighted by Crippen LogP contribution is 2.27. The van der Waals surface area contributed by atoms with Gasteiger partial charge in [0, 0.05) is 18.7 Å². The van der Waals surface area contributed by atoms with E-state index in [1.165, 1.54) is 42.8 Å². The number of rotatable bonds is 7. The molecule has 11 heteroatoms. The number of benzene rings is 2. The van der Waals surface area contributed by atoms with Gasteiger partial charge in [0.15, 0.2) is 11.5 Å². The molecule has 1 saturated heterocycles. The fourth-order valence-electron chi connectivity index (χ4n) is 3.15. The summed E-state index contributed by atoms with van der Waals surface area (Å²) >= 11 is 0. The second kappa shape index (κ2) is 10.4. The molecule has 3 rings (SSSR count). The molecule has 0 bridgehead atoms. The molecule has 0 saturated carbocycles. The van der Waals surface area contributed by atoms with Crippen LogP contribution >= 0.6 is 0 Å². The summed E-state index contributed by atoms with van der Waals surface area (Å²) in [6.07, 6.45) is -0.00785. The zero-order chi connectivity index (χ0) is 23.1. The standard InChI is InChI=1S/C21H25N3O7S/c1-29-18-7-6-15(12-19(18)30-2)13-20(25)22-23-21(26)16-4-3-5-17(14-16)32(27,28)24-8-10-31-11-9-24/h3-7,12,14H,8-11,13H2,1-2H3,(H,22,25)(H,23,26). The molecule has 0 radical (unpaired) electrons. The molecule has 32 heavy (non-hydrogen) atoms. The maximum atomic E-state index is 12.8. The second-order valence-corrected chi connectivity index (χ2v) is 8.85. The third kappa shape index (κ3) is 5.55. The van der Waals surface area contributed by atoms with E-state index in [-0.39, 0.29) is 30.0 Å². The molecule has 2 aromatic carbocycles. The van der Waals surface area contributed by atoms with E-state index in [1.807, 2.05) is 0 Å². The smallest absolute Gasteiger partial charge is 0.269 e. The number of hydrogen-bond acceptors (Lipinski definition) is 7. The number of sulfonamides is 1. The highest BCUT2D eigenvalue weighted by atomic mass is 32.2. The third-order valence-corrected chi connectivity index (χ3v) is 6.73. The molecule has 0 atom stereocenters. The number of nitrogens with zero attached hydrogens (tertiary/aromatic N) is 1. The summed E-state index contributed by atoms with van der Waals surface area (Å²) < 4.78 is 42.4. The Labute approximate surface area is 186 Å². The van der Waals surface area contributed by atoms with Gasteiger partial charge in [-0.1, -0.05) is 12.1 Å². The van der Waals surface area contributed by atoms with Gasteiger partial charge in [0.2, 0.25) is 15.9 Å². The largest absolute Gasteiger partial charge is 0.493 e. The van der Waals surface area contributed by atoms with Gasteiger partial charge in [-0.2, -0.15) is 4.31 Å². The van der Waals surface area contributed by atoms with Crippen molar-refractivity contribution in [3.63, 3.8) is 0 Å². The third-order valence-electron chi connectivity index (χ3n) is 4.83. The monoisotopic (exact) mass is 463 g/mol. The van der Waals surface area contributed by atoms with Crippen LogP contribution in [0.2, 0.25) is 0 Å². The van der Waals surface area contributed by atoms with E-state index >= 15 is 0 Å². The lowest BCUT2D eigenvalue weighted by molar-refractivity contribution is -0.121. The van der Waals surface area contributed by atoms with Crippen LogP contribution in [0.15, 0.2) is 47.4 Å². The van der Waals surface area contributed by atoms with Crippen LogP contribution in [-0.2, 0) is 26.0 Å². The first-order valence-electron chi connectivity index (χ1n) is 9.83. The van der Waals surface area contributed by atoms with Gasteiger partial charge >= 0.3 is 0 Å². The van der Waals surface area contributed by atoms with Crippen molar-refractivity contribution in [3.05, 3.63) is 53.6 Å². The Hall–Kier alpha value is -3.15. The number of ether oxygens (including phenoxy) is 3. The van der Waals surface area contributed by atoms with Crippen molar-refractivity contribution in [1.29, 1.82) is 0 Å². The number of hydrazine groups is 1. The lowest BCUT2D eigenvalue weighted by Crippen LogP contribution is -2.42. The minimum Gasteiger partial charge on any atom is -0.493 e. The normalized spacial score (nSPS) is 14.4. The van der Waals surface area contributed by atoms with E-state index in [0.717, 1.165) is 0 Å². The average Bonchev–Trinajstić information content (AvgIpc) is 2.83. The molecule has 1 heterocycles. The summed E-state index contributed by atoms with van der Waals surface area (Å²) in [5.74, 6) is -0.0654. The summed E-state index contributed by atoms with van der Waals surface area (Å²) in [6, 6.07) is 10.7. The van der Waals surface area contributed by atoms with Crippen LogP contribution in [-0.4, -0.2) is 65.1 Å². The molecule has 1 fully saturated rings. The van der Waals surface area contributed by atoms with E-state index in [2.05, 4.69) is 10.9 Å². The van der Waals surface area contributed by atoms with Gasteiger partial charge in [0.1, 0.15) is 0 Å². The van der Waals surface area contributed by atoms with Crippen molar-refractivity contribution in [2.24, 2.45) is 0 Å². The van der Waals surface area contributed by atoms with Gasteiger partial charge in [-0.3, -0.25) is 20.4 Å².